The maximum Gasteiger partial charge on any atom is 0.358 e. The predicted molar refractivity (Wildman–Crippen MR) is 68.4 cm³/mol. The summed E-state index contributed by atoms with van der Waals surface area (Å²) in [6.07, 6.45) is 1.56. The molecular formula is C12H22N4O2. The van der Waals surface area contributed by atoms with E-state index in [4.69, 9.17) is 10.8 Å². The number of nitrogens with zero attached hydrogens (tertiary/aromatic N) is 3. The number of nitrogens with two attached hydrogens (primary N) is 1. The van der Waals surface area contributed by atoms with Crippen LogP contribution in [0, 0.1) is 11.8 Å². The third-order valence-corrected chi connectivity index (χ3v) is 2.78. The first kappa shape index (κ1) is 14.6. The van der Waals surface area contributed by atoms with Gasteiger partial charge in [0.05, 0.1) is 5.69 Å². The average molecular weight is 254 g/mol. The fourth-order valence-corrected chi connectivity index (χ4v) is 2.20. The predicted octanol–water partition coefficient (Wildman–Crippen LogP) is 1.16. The molecule has 0 aliphatic heterocycles. The molecule has 0 aliphatic carbocycles. The van der Waals surface area contributed by atoms with Crippen LogP contribution in [0.2, 0.25) is 0 Å². The van der Waals surface area contributed by atoms with Gasteiger partial charge in [0, 0.05) is 13.0 Å². The number of hydrogen-bond acceptors (Lipinski definition) is 4. The van der Waals surface area contributed by atoms with Crippen molar-refractivity contribution < 1.29 is 9.90 Å². The van der Waals surface area contributed by atoms with E-state index in [9.17, 15) is 4.79 Å². The van der Waals surface area contributed by atoms with Crippen molar-refractivity contribution in [1.29, 1.82) is 0 Å². The Balaban J connectivity index is 2.84. The number of aromatic carboxylic acids is 1. The molecule has 0 bridgehead atoms. The highest BCUT2D eigenvalue weighted by Gasteiger charge is 2.19. The summed E-state index contributed by atoms with van der Waals surface area (Å²) >= 11 is 0. The topological polar surface area (TPSA) is 94.0 Å². The van der Waals surface area contributed by atoms with Crippen molar-refractivity contribution in [2.24, 2.45) is 17.6 Å². The SMILES string of the molecule is CC(C)CC(C)Cn1nnc(C(=O)O)c1CCN. The van der Waals surface area contributed by atoms with Gasteiger partial charge in [0.2, 0.25) is 0 Å². The van der Waals surface area contributed by atoms with E-state index >= 15 is 0 Å². The Morgan fingerprint density at radius 2 is 2.11 bits per heavy atom. The molecule has 0 spiro atoms. The normalized spacial score (nSPS) is 12.9. The van der Waals surface area contributed by atoms with Gasteiger partial charge in [-0.1, -0.05) is 26.0 Å². The highest BCUT2D eigenvalue weighted by atomic mass is 16.4. The molecule has 6 nitrogen and oxygen atoms in total. The van der Waals surface area contributed by atoms with Crippen LogP contribution in [0.5, 0.6) is 0 Å². The van der Waals surface area contributed by atoms with Gasteiger partial charge in [0.15, 0.2) is 5.69 Å². The van der Waals surface area contributed by atoms with E-state index in [0.717, 1.165) is 6.42 Å². The van der Waals surface area contributed by atoms with Crippen LogP contribution in [-0.2, 0) is 13.0 Å². The molecule has 102 valence electrons. The fourth-order valence-electron chi connectivity index (χ4n) is 2.20. The lowest BCUT2D eigenvalue weighted by molar-refractivity contribution is 0.0689. The number of hydrogen-bond donors (Lipinski definition) is 2. The van der Waals surface area contributed by atoms with E-state index in [1.165, 1.54) is 0 Å². The van der Waals surface area contributed by atoms with Crippen molar-refractivity contribution in [2.45, 2.75) is 40.2 Å². The molecule has 0 aliphatic rings. The van der Waals surface area contributed by atoms with Gasteiger partial charge < -0.3 is 10.8 Å². The molecule has 1 unspecified atom stereocenters. The molecule has 1 aromatic heterocycles. The minimum absolute atomic E-state index is 0.0252. The minimum atomic E-state index is -1.04. The van der Waals surface area contributed by atoms with Gasteiger partial charge in [0.1, 0.15) is 0 Å². The smallest absolute Gasteiger partial charge is 0.358 e. The lowest BCUT2D eigenvalue weighted by Gasteiger charge is -2.15. The van der Waals surface area contributed by atoms with Crippen LogP contribution in [0.15, 0.2) is 0 Å². The first-order valence-electron chi connectivity index (χ1n) is 6.31. The minimum Gasteiger partial charge on any atom is -0.476 e. The zero-order valence-corrected chi connectivity index (χ0v) is 11.3. The van der Waals surface area contributed by atoms with Crippen LogP contribution in [0.25, 0.3) is 0 Å². The number of rotatable bonds is 7. The first-order valence-corrected chi connectivity index (χ1v) is 6.31. The van der Waals surface area contributed by atoms with Crippen LogP contribution in [0.1, 0.15) is 43.4 Å². The molecule has 0 saturated heterocycles. The van der Waals surface area contributed by atoms with E-state index < -0.39 is 5.97 Å². The second kappa shape index (κ2) is 6.49. The maximum atomic E-state index is 11.0. The second-order valence-corrected chi connectivity index (χ2v) is 5.15. The Kier molecular flexibility index (Phi) is 5.27. The highest BCUT2D eigenvalue weighted by molar-refractivity contribution is 5.86. The van der Waals surface area contributed by atoms with E-state index in [0.29, 0.717) is 37.0 Å². The maximum absolute atomic E-state index is 11.0. The molecule has 1 atom stereocenters. The van der Waals surface area contributed by atoms with E-state index in [2.05, 4.69) is 31.1 Å². The molecule has 0 fully saturated rings. The van der Waals surface area contributed by atoms with Crippen LogP contribution in [0.4, 0.5) is 0 Å². The van der Waals surface area contributed by atoms with Gasteiger partial charge in [-0.25, -0.2) is 9.48 Å². The zero-order chi connectivity index (χ0) is 13.7. The Hall–Kier alpha value is -1.43. The standard InChI is InChI=1S/C12H22N4O2/c1-8(2)6-9(3)7-16-10(4-5-13)11(12(17)18)14-15-16/h8-9H,4-7,13H2,1-3H3,(H,17,18). The van der Waals surface area contributed by atoms with E-state index in [1.807, 2.05) is 0 Å². The Morgan fingerprint density at radius 3 is 2.61 bits per heavy atom. The van der Waals surface area contributed by atoms with Crippen molar-refractivity contribution in [1.82, 2.24) is 15.0 Å². The second-order valence-electron chi connectivity index (χ2n) is 5.15. The summed E-state index contributed by atoms with van der Waals surface area (Å²) in [5.74, 6) is 0.00602. The number of carbonyl (C=O) groups is 1. The van der Waals surface area contributed by atoms with Crippen LogP contribution >= 0.6 is 0 Å². The molecule has 0 radical (unpaired) electrons. The number of carboxylic acids is 1. The van der Waals surface area contributed by atoms with E-state index in [1.54, 1.807) is 4.68 Å². The molecule has 0 aromatic carbocycles. The molecule has 1 heterocycles. The molecule has 0 amide bonds. The van der Waals surface area contributed by atoms with Crippen molar-refractivity contribution in [3.63, 3.8) is 0 Å². The summed E-state index contributed by atoms with van der Waals surface area (Å²) in [4.78, 5) is 11.0. The van der Waals surface area contributed by atoms with Crippen molar-refractivity contribution in [3.05, 3.63) is 11.4 Å². The van der Waals surface area contributed by atoms with Crippen LogP contribution < -0.4 is 5.73 Å². The first-order chi connectivity index (χ1) is 8.45. The van der Waals surface area contributed by atoms with Gasteiger partial charge >= 0.3 is 5.97 Å². The molecular weight excluding hydrogens is 232 g/mol. The molecule has 6 heteroatoms. The van der Waals surface area contributed by atoms with Crippen molar-refractivity contribution >= 4 is 5.97 Å². The monoisotopic (exact) mass is 254 g/mol. The van der Waals surface area contributed by atoms with Gasteiger partial charge in [-0.3, -0.25) is 0 Å². The lowest BCUT2D eigenvalue weighted by Crippen LogP contribution is -2.17. The third kappa shape index (κ3) is 3.80. The quantitative estimate of drug-likeness (QED) is 0.761. The molecule has 0 saturated carbocycles. The summed E-state index contributed by atoms with van der Waals surface area (Å²) in [7, 11) is 0. The molecule has 3 N–H and O–H groups in total. The van der Waals surface area contributed by atoms with Crippen LogP contribution in [0.3, 0.4) is 0 Å². The Labute approximate surface area is 107 Å². The lowest BCUT2D eigenvalue weighted by atomic mass is 9.99. The largest absolute Gasteiger partial charge is 0.476 e. The average Bonchev–Trinajstić information content (AvgIpc) is 2.61. The Bertz CT molecular complexity index is 401. The summed E-state index contributed by atoms with van der Waals surface area (Å²) in [6, 6.07) is 0. The van der Waals surface area contributed by atoms with Gasteiger partial charge in [-0.15, -0.1) is 5.10 Å². The summed E-state index contributed by atoms with van der Waals surface area (Å²) in [6.45, 7) is 7.55. The number of carboxylic acid groups (broad SMARTS) is 1. The Morgan fingerprint density at radius 1 is 1.44 bits per heavy atom. The fraction of sp³-hybridized carbons (Fsp3) is 0.750. The van der Waals surface area contributed by atoms with Crippen molar-refractivity contribution in [3.8, 4) is 0 Å². The highest BCUT2D eigenvalue weighted by Crippen LogP contribution is 2.15. The molecule has 18 heavy (non-hydrogen) atoms. The summed E-state index contributed by atoms with van der Waals surface area (Å²) < 4.78 is 1.68. The zero-order valence-electron chi connectivity index (χ0n) is 11.3. The van der Waals surface area contributed by atoms with Crippen LogP contribution in [-0.4, -0.2) is 32.6 Å². The van der Waals surface area contributed by atoms with Gasteiger partial charge in [-0.2, -0.15) is 0 Å². The molecule has 1 rings (SSSR count). The van der Waals surface area contributed by atoms with Gasteiger partial charge in [-0.05, 0) is 24.8 Å². The van der Waals surface area contributed by atoms with E-state index in [-0.39, 0.29) is 5.69 Å². The third-order valence-electron chi connectivity index (χ3n) is 2.78. The summed E-state index contributed by atoms with van der Waals surface area (Å²) in [5.41, 5.74) is 6.16. The molecule has 1 aromatic rings. The summed E-state index contributed by atoms with van der Waals surface area (Å²) in [5, 5.41) is 16.7. The van der Waals surface area contributed by atoms with Crippen molar-refractivity contribution in [2.75, 3.05) is 6.54 Å². The van der Waals surface area contributed by atoms with Gasteiger partial charge in [0.25, 0.3) is 0 Å². The number of aromatic nitrogens is 3.